The first-order valence-corrected chi connectivity index (χ1v) is 10.6. The molecule has 0 unspecified atom stereocenters. The van der Waals surface area contributed by atoms with Gasteiger partial charge in [0.05, 0.1) is 13.2 Å². The smallest absolute Gasteiger partial charge is 0.221 e. The van der Waals surface area contributed by atoms with Crippen molar-refractivity contribution in [2.75, 3.05) is 32.2 Å². The van der Waals surface area contributed by atoms with Gasteiger partial charge in [0.2, 0.25) is 5.91 Å². The maximum atomic E-state index is 11.3. The lowest BCUT2D eigenvalue weighted by Crippen LogP contribution is -2.36. The van der Waals surface area contributed by atoms with E-state index in [9.17, 15) is 4.79 Å². The van der Waals surface area contributed by atoms with Gasteiger partial charge in [-0.25, -0.2) is 4.99 Å². The number of carbonyl (C=O) groups is 1. The molecule has 0 aromatic heterocycles. The van der Waals surface area contributed by atoms with Crippen molar-refractivity contribution in [3.05, 3.63) is 59.2 Å². The number of aliphatic imine (C=N–C) groups is 1. The number of anilines is 1. The topological polar surface area (TPSA) is 84.0 Å². The van der Waals surface area contributed by atoms with E-state index in [1.165, 1.54) is 6.92 Å². The highest BCUT2D eigenvalue weighted by Gasteiger charge is 2.06. The third-order valence-corrected chi connectivity index (χ3v) is 4.43. The molecule has 0 heterocycles. The Balaban J connectivity index is 0.00000512. The van der Waals surface area contributed by atoms with Crippen molar-refractivity contribution in [2.24, 2.45) is 4.99 Å². The van der Waals surface area contributed by atoms with Gasteiger partial charge in [0, 0.05) is 51.4 Å². The molecular formula is C24H35IN4O3. The number of methoxy groups -OCH3 is 1. The third kappa shape index (κ3) is 10.3. The first kappa shape index (κ1) is 27.7. The maximum absolute atomic E-state index is 11.3. The maximum Gasteiger partial charge on any atom is 0.221 e. The summed E-state index contributed by atoms with van der Waals surface area (Å²) in [4.78, 5) is 15.9. The number of hydrogen-bond acceptors (Lipinski definition) is 4. The summed E-state index contributed by atoms with van der Waals surface area (Å²) in [7, 11) is 1.69. The molecule has 176 valence electrons. The Morgan fingerprint density at radius 3 is 2.62 bits per heavy atom. The summed E-state index contributed by atoms with van der Waals surface area (Å²) >= 11 is 0. The van der Waals surface area contributed by atoms with Gasteiger partial charge in [0.15, 0.2) is 5.96 Å². The molecule has 0 atom stereocenters. The first-order chi connectivity index (χ1) is 15.0. The van der Waals surface area contributed by atoms with Crippen LogP contribution in [0.15, 0.2) is 47.5 Å². The summed E-state index contributed by atoms with van der Waals surface area (Å²) in [5.74, 6) is 1.51. The van der Waals surface area contributed by atoms with Gasteiger partial charge in [0.25, 0.3) is 0 Å². The van der Waals surface area contributed by atoms with Crippen molar-refractivity contribution in [1.82, 2.24) is 10.6 Å². The van der Waals surface area contributed by atoms with Crippen molar-refractivity contribution in [3.63, 3.8) is 0 Å². The van der Waals surface area contributed by atoms with Crippen LogP contribution in [0.5, 0.6) is 5.75 Å². The van der Waals surface area contributed by atoms with E-state index in [0.717, 1.165) is 47.1 Å². The summed E-state index contributed by atoms with van der Waals surface area (Å²) in [6.07, 6.45) is 0.846. The number of rotatable bonds is 11. The fraction of sp³-hybridized carbons (Fsp3) is 0.417. The zero-order valence-corrected chi connectivity index (χ0v) is 21.7. The third-order valence-electron chi connectivity index (χ3n) is 4.43. The molecule has 0 radical (unpaired) electrons. The number of nitrogens with zero attached hydrogens (tertiary/aromatic N) is 1. The molecule has 3 N–H and O–H groups in total. The molecule has 0 fully saturated rings. The second kappa shape index (κ2) is 15.5. The van der Waals surface area contributed by atoms with Crippen molar-refractivity contribution in [1.29, 1.82) is 0 Å². The van der Waals surface area contributed by atoms with Gasteiger partial charge < -0.3 is 25.4 Å². The van der Waals surface area contributed by atoms with Gasteiger partial charge in [0.1, 0.15) is 5.75 Å². The Morgan fingerprint density at radius 2 is 1.91 bits per heavy atom. The summed E-state index contributed by atoms with van der Waals surface area (Å²) in [5, 5.41) is 9.45. The summed E-state index contributed by atoms with van der Waals surface area (Å²) < 4.78 is 11.1. The van der Waals surface area contributed by atoms with E-state index in [-0.39, 0.29) is 29.9 Å². The zero-order chi connectivity index (χ0) is 22.5. The standard InChI is InChI=1S/C24H34N4O3.HI/c1-5-25-24(26-16-20-8-6-9-22(15-20)28-19(3)29)27-17-21-11-10-18(2)14-23(21)31-13-7-12-30-4;/h6,8-11,14-15H,5,7,12-13,16-17H2,1-4H3,(H,28,29)(H2,25,26,27);1H. The number of nitrogens with one attached hydrogen (secondary N) is 3. The Labute approximate surface area is 208 Å². The highest BCUT2D eigenvalue weighted by atomic mass is 127. The minimum absolute atomic E-state index is 0. The molecule has 2 rings (SSSR count). The Kier molecular flexibility index (Phi) is 13.4. The minimum atomic E-state index is -0.0889. The molecular weight excluding hydrogens is 519 g/mol. The first-order valence-electron chi connectivity index (χ1n) is 10.6. The van der Waals surface area contributed by atoms with Crippen molar-refractivity contribution in [3.8, 4) is 5.75 Å². The van der Waals surface area contributed by atoms with Crippen LogP contribution in [0.2, 0.25) is 0 Å². The van der Waals surface area contributed by atoms with Gasteiger partial charge in [-0.05, 0) is 43.2 Å². The van der Waals surface area contributed by atoms with E-state index < -0.39 is 0 Å². The Bertz CT molecular complexity index is 874. The second-order valence-electron chi connectivity index (χ2n) is 7.24. The van der Waals surface area contributed by atoms with E-state index in [1.807, 2.05) is 31.2 Å². The molecule has 0 aliphatic carbocycles. The van der Waals surface area contributed by atoms with E-state index in [2.05, 4.69) is 46.1 Å². The Morgan fingerprint density at radius 1 is 1.09 bits per heavy atom. The molecule has 0 saturated heterocycles. The molecule has 32 heavy (non-hydrogen) atoms. The van der Waals surface area contributed by atoms with Crippen LogP contribution < -0.4 is 20.7 Å². The predicted molar refractivity (Wildman–Crippen MR) is 141 cm³/mol. The van der Waals surface area contributed by atoms with Crippen LogP contribution in [0, 0.1) is 6.92 Å². The molecule has 2 aromatic carbocycles. The fourth-order valence-corrected chi connectivity index (χ4v) is 2.97. The zero-order valence-electron chi connectivity index (χ0n) is 19.4. The normalized spacial score (nSPS) is 10.8. The summed E-state index contributed by atoms with van der Waals surface area (Å²) in [6, 6.07) is 13.9. The molecule has 0 aliphatic rings. The number of guanidine groups is 1. The van der Waals surface area contributed by atoms with Crippen molar-refractivity contribution >= 4 is 41.5 Å². The van der Waals surface area contributed by atoms with Gasteiger partial charge in [-0.15, -0.1) is 24.0 Å². The monoisotopic (exact) mass is 554 g/mol. The van der Waals surface area contributed by atoms with Gasteiger partial charge in [-0.1, -0.05) is 24.3 Å². The summed E-state index contributed by atoms with van der Waals surface area (Å²) in [5.41, 5.74) is 4.01. The van der Waals surface area contributed by atoms with Crippen LogP contribution in [0.3, 0.4) is 0 Å². The van der Waals surface area contributed by atoms with Crippen LogP contribution >= 0.6 is 24.0 Å². The number of benzene rings is 2. The van der Waals surface area contributed by atoms with Crippen molar-refractivity contribution in [2.45, 2.75) is 40.3 Å². The van der Waals surface area contributed by atoms with E-state index in [4.69, 9.17) is 9.47 Å². The molecule has 0 saturated carbocycles. The predicted octanol–water partition coefficient (Wildman–Crippen LogP) is 4.24. The number of halogens is 1. The van der Waals surface area contributed by atoms with Crippen LogP contribution in [0.1, 0.15) is 37.0 Å². The number of aryl methyl sites for hydroxylation is 1. The average molecular weight is 554 g/mol. The van der Waals surface area contributed by atoms with E-state index in [1.54, 1.807) is 7.11 Å². The van der Waals surface area contributed by atoms with E-state index in [0.29, 0.717) is 26.3 Å². The molecule has 2 aromatic rings. The van der Waals surface area contributed by atoms with E-state index >= 15 is 0 Å². The van der Waals surface area contributed by atoms with Crippen LogP contribution in [0.4, 0.5) is 5.69 Å². The van der Waals surface area contributed by atoms with Gasteiger partial charge >= 0.3 is 0 Å². The quantitative estimate of drug-likeness (QED) is 0.168. The highest BCUT2D eigenvalue weighted by molar-refractivity contribution is 14.0. The SMILES string of the molecule is CCNC(=NCc1cccc(NC(C)=O)c1)NCc1ccc(C)cc1OCCCOC.I. The number of ether oxygens (including phenoxy) is 2. The Hall–Kier alpha value is -2.33. The number of hydrogen-bond donors (Lipinski definition) is 3. The molecule has 0 aliphatic heterocycles. The molecule has 0 spiro atoms. The largest absolute Gasteiger partial charge is 0.493 e. The van der Waals surface area contributed by atoms with Gasteiger partial charge in [-0.2, -0.15) is 0 Å². The molecule has 1 amide bonds. The number of carbonyl (C=O) groups excluding carboxylic acids is 1. The summed E-state index contributed by atoms with van der Waals surface area (Å²) in [6.45, 7) is 8.73. The fourth-order valence-electron chi connectivity index (χ4n) is 2.97. The van der Waals surface area contributed by atoms with Crippen molar-refractivity contribution < 1.29 is 14.3 Å². The lowest BCUT2D eigenvalue weighted by molar-refractivity contribution is -0.114. The molecule has 0 bridgehead atoms. The molecule has 7 nitrogen and oxygen atoms in total. The minimum Gasteiger partial charge on any atom is -0.493 e. The average Bonchev–Trinajstić information content (AvgIpc) is 2.74. The lowest BCUT2D eigenvalue weighted by Gasteiger charge is -2.15. The van der Waals surface area contributed by atoms with Crippen LogP contribution in [-0.2, 0) is 22.6 Å². The van der Waals surface area contributed by atoms with Crippen LogP contribution in [-0.4, -0.2) is 38.7 Å². The molecule has 8 heteroatoms. The second-order valence-corrected chi connectivity index (χ2v) is 7.24. The van der Waals surface area contributed by atoms with Crippen LogP contribution in [0.25, 0.3) is 0 Å². The highest BCUT2D eigenvalue weighted by Crippen LogP contribution is 2.20. The lowest BCUT2D eigenvalue weighted by atomic mass is 10.1. The number of amides is 1. The van der Waals surface area contributed by atoms with Gasteiger partial charge in [-0.3, -0.25) is 4.79 Å².